The number of methoxy groups -OCH3 is 1. The Morgan fingerprint density at radius 3 is 2.77 bits per heavy atom. The van der Waals surface area contributed by atoms with Gasteiger partial charge in [0.25, 0.3) is 0 Å². The van der Waals surface area contributed by atoms with Gasteiger partial charge in [-0.2, -0.15) is 0 Å². The normalized spacial score (nSPS) is 32.6. The SMILES string of the molecule is COC1(C)C=C2CCCC2=CC1=O. The van der Waals surface area contributed by atoms with Gasteiger partial charge in [-0.3, -0.25) is 4.79 Å². The second-order valence-corrected chi connectivity index (χ2v) is 3.87. The van der Waals surface area contributed by atoms with E-state index in [4.69, 9.17) is 4.74 Å². The van der Waals surface area contributed by atoms with Gasteiger partial charge in [0, 0.05) is 7.11 Å². The van der Waals surface area contributed by atoms with Crippen molar-refractivity contribution in [1.29, 1.82) is 0 Å². The van der Waals surface area contributed by atoms with Crippen LogP contribution >= 0.6 is 0 Å². The number of rotatable bonds is 1. The van der Waals surface area contributed by atoms with Crippen LogP contribution < -0.4 is 0 Å². The summed E-state index contributed by atoms with van der Waals surface area (Å²) >= 11 is 0. The fourth-order valence-corrected chi connectivity index (χ4v) is 1.98. The molecule has 1 unspecified atom stereocenters. The Kier molecular flexibility index (Phi) is 1.88. The predicted molar refractivity (Wildman–Crippen MR) is 50.4 cm³/mol. The summed E-state index contributed by atoms with van der Waals surface area (Å²) in [4.78, 5) is 11.6. The summed E-state index contributed by atoms with van der Waals surface area (Å²) in [6.45, 7) is 1.83. The van der Waals surface area contributed by atoms with Crippen LogP contribution in [0, 0.1) is 0 Å². The number of ether oxygens (including phenoxy) is 1. The van der Waals surface area contributed by atoms with Crippen molar-refractivity contribution in [3.8, 4) is 0 Å². The maximum Gasteiger partial charge on any atom is 0.191 e. The van der Waals surface area contributed by atoms with E-state index in [1.165, 1.54) is 17.6 Å². The quantitative estimate of drug-likeness (QED) is 0.614. The number of hydrogen-bond acceptors (Lipinski definition) is 2. The van der Waals surface area contributed by atoms with Gasteiger partial charge in [0.05, 0.1) is 0 Å². The van der Waals surface area contributed by atoms with Gasteiger partial charge in [-0.1, -0.05) is 0 Å². The Balaban J connectivity index is 2.40. The van der Waals surface area contributed by atoms with Crippen LogP contribution in [0.3, 0.4) is 0 Å². The molecule has 13 heavy (non-hydrogen) atoms. The maximum absolute atomic E-state index is 11.6. The van der Waals surface area contributed by atoms with Crippen molar-refractivity contribution >= 4 is 5.78 Å². The molecule has 2 rings (SSSR count). The van der Waals surface area contributed by atoms with Crippen LogP contribution in [-0.2, 0) is 9.53 Å². The molecular formula is C11H14O2. The predicted octanol–water partition coefficient (Wildman–Crippen LogP) is 2.01. The van der Waals surface area contributed by atoms with Gasteiger partial charge in [-0.05, 0) is 49.5 Å². The van der Waals surface area contributed by atoms with E-state index in [1.807, 2.05) is 13.0 Å². The highest BCUT2D eigenvalue weighted by molar-refractivity contribution is 6.01. The first kappa shape index (κ1) is 8.70. The number of carbonyl (C=O) groups is 1. The summed E-state index contributed by atoms with van der Waals surface area (Å²) in [5.41, 5.74) is 1.83. The molecule has 0 saturated heterocycles. The van der Waals surface area contributed by atoms with Crippen molar-refractivity contribution in [2.75, 3.05) is 7.11 Å². The molecule has 0 aromatic heterocycles. The van der Waals surface area contributed by atoms with Gasteiger partial charge in [0.2, 0.25) is 0 Å². The molecule has 1 saturated carbocycles. The molecule has 2 aliphatic rings. The largest absolute Gasteiger partial charge is 0.366 e. The molecule has 1 atom stereocenters. The molecule has 2 aliphatic carbocycles. The Morgan fingerprint density at radius 2 is 2.08 bits per heavy atom. The first-order valence-corrected chi connectivity index (χ1v) is 4.68. The lowest BCUT2D eigenvalue weighted by Gasteiger charge is -2.26. The van der Waals surface area contributed by atoms with Crippen LogP contribution in [0.25, 0.3) is 0 Å². The zero-order valence-corrected chi connectivity index (χ0v) is 8.09. The molecule has 1 fully saturated rings. The van der Waals surface area contributed by atoms with Gasteiger partial charge in [0.15, 0.2) is 5.78 Å². The molecular weight excluding hydrogens is 164 g/mol. The standard InChI is InChI=1S/C11H14O2/c1-11(13-2)7-9-5-3-4-8(9)6-10(11)12/h6-7H,3-5H2,1-2H3. The van der Waals surface area contributed by atoms with Crippen molar-refractivity contribution in [3.05, 3.63) is 23.3 Å². The summed E-state index contributed by atoms with van der Waals surface area (Å²) < 4.78 is 5.23. The third-order valence-electron chi connectivity index (χ3n) is 2.97. The lowest BCUT2D eigenvalue weighted by molar-refractivity contribution is -0.129. The highest BCUT2D eigenvalue weighted by Crippen LogP contribution is 2.36. The summed E-state index contributed by atoms with van der Waals surface area (Å²) in [7, 11) is 1.59. The average molecular weight is 178 g/mol. The van der Waals surface area contributed by atoms with Crippen molar-refractivity contribution < 1.29 is 9.53 Å². The van der Waals surface area contributed by atoms with Crippen LogP contribution in [-0.4, -0.2) is 18.5 Å². The topological polar surface area (TPSA) is 26.3 Å². The molecule has 0 spiro atoms. The van der Waals surface area contributed by atoms with Gasteiger partial charge >= 0.3 is 0 Å². The minimum atomic E-state index is -0.705. The van der Waals surface area contributed by atoms with E-state index in [0.29, 0.717) is 0 Å². The third-order valence-corrected chi connectivity index (χ3v) is 2.97. The van der Waals surface area contributed by atoms with E-state index in [1.54, 1.807) is 13.2 Å². The van der Waals surface area contributed by atoms with Crippen LogP contribution in [0.5, 0.6) is 0 Å². The summed E-state index contributed by atoms with van der Waals surface area (Å²) in [6.07, 6.45) is 7.06. The lowest BCUT2D eigenvalue weighted by atomic mass is 9.88. The number of fused-ring (bicyclic) bond motifs is 1. The van der Waals surface area contributed by atoms with Gasteiger partial charge in [-0.15, -0.1) is 0 Å². The fraction of sp³-hybridized carbons (Fsp3) is 0.545. The van der Waals surface area contributed by atoms with Gasteiger partial charge < -0.3 is 4.74 Å². The molecule has 70 valence electrons. The molecule has 0 radical (unpaired) electrons. The van der Waals surface area contributed by atoms with Crippen molar-refractivity contribution in [3.63, 3.8) is 0 Å². The minimum Gasteiger partial charge on any atom is -0.366 e. The monoisotopic (exact) mass is 178 g/mol. The first-order valence-electron chi connectivity index (χ1n) is 4.68. The Labute approximate surface area is 78.3 Å². The van der Waals surface area contributed by atoms with Gasteiger partial charge in [0.1, 0.15) is 5.60 Å². The maximum atomic E-state index is 11.6. The second kappa shape index (κ2) is 2.81. The first-order chi connectivity index (χ1) is 6.15. The van der Waals surface area contributed by atoms with Gasteiger partial charge in [-0.25, -0.2) is 0 Å². The minimum absolute atomic E-state index is 0.0793. The number of hydrogen-bond donors (Lipinski definition) is 0. The van der Waals surface area contributed by atoms with Crippen LogP contribution in [0.15, 0.2) is 23.3 Å². The van der Waals surface area contributed by atoms with E-state index < -0.39 is 5.60 Å². The van der Waals surface area contributed by atoms with Crippen molar-refractivity contribution in [1.82, 2.24) is 0 Å². The van der Waals surface area contributed by atoms with E-state index in [0.717, 1.165) is 12.8 Å². The molecule has 0 aromatic rings. The highest BCUT2D eigenvalue weighted by atomic mass is 16.5. The summed E-state index contributed by atoms with van der Waals surface area (Å²) in [5.74, 6) is 0.0793. The fourth-order valence-electron chi connectivity index (χ4n) is 1.98. The summed E-state index contributed by atoms with van der Waals surface area (Å²) in [6, 6.07) is 0. The van der Waals surface area contributed by atoms with E-state index in [9.17, 15) is 4.79 Å². The lowest BCUT2D eigenvalue weighted by Crippen LogP contribution is -2.36. The molecule has 2 heteroatoms. The Hall–Kier alpha value is -0.890. The van der Waals surface area contributed by atoms with Crippen LogP contribution in [0.1, 0.15) is 26.2 Å². The molecule has 0 aliphatic heterocycles. The molecule has 0 amide bonds. The number of carbonyl (C=O) groups excluding carboxylic acids is 1. The number of allylic oxidation sites excluding steroid dienone is 2. The van der Waals surface area contributed by atoms with Crippen molar-refractivity contribution in [2.24, 2.45) is 0 Å². The molecule has 0 aromatic carbocycles. The molecule has 0 N–H and O–H groups in total. The smallest absolute Gasteiger partial charge is 0.191 e. The zero-order valence-electron chi connectivity index (χ0n) is 8.09. The second-order valence-electron chi connectivity index (χ2n) is 3.87. The van der Waals surface area contributed by atoms with Crippen molar-refractivity contribution in [2.45, 2.75) is 31.8 Å². The van der Waals surface area contributed by atoms with E-state index in [-0.39, 0.29) is 5.78 Å². The van der Waals surface area contributed by atoms with E-state index in [2.05, 4.69) is 0 Å². The summed E-state index contributed by atoms with van der Waals surface area (Å²) in [5, 5.41) is 0. The zero-order chi connectivity index (χ0) is 9.47. The van der Waals surface area contributed by atoms with Crippen LogP contribution in [0.4, 0.5) is 0 Å². The molecule has 0 bridgehead atoms. The molecule has 0 heterocycles. The van der Waals surface area contributed by atoms with E-state index >= 15 is 0 Å². The molecule has 2 nitrogen and oxygen atoms in total. The number of ketones is 1. The Bertz CT molecular complexity index is 312. The third kappa shape index (κ3) is 1.25. The van der Waals surface area contributed by atoms with Crippen LogP contribution in [0.2, 0.25) is 0 Å². The highest BCUT2D eigenvalue weighted by Gasteiger charge is 2.34. The Morgan fingerprint density at radius 1 is 1.38 bits per heavy atom. The average Bonchev–Trinajstić information content (AvgIpc) is 2.52.